The smallest absolute Gasteiger partial charge is 0.321 e. The number of carbonyl (C=O) groups excluding carboxylic acids is 1. The van der Waals surface area contributed by atoms with Crippen LogP contribution >= 0.6 is 0 Å². The normalized spacial score (nSPS) is 17.6. The van der Waals surface area contributed by atoms with Crippen molar-refractivity contribution >= 4 is 11.7 Å². The number of rotatable bonds is 1. The molecule has 1 saturated heterocycles. The number of urea groups is 1. The largest absolute Gasteiger partial charge is 0.324 e. The number of halogens is 2. The van der Waals surface area contributed by atoms with Gasteiger partial charge in [0.2, 0.25) is 0 Å². The number of hydrogen-bond acceptors (Lipinski definition) is 3. The molecule has 7 heteroatoms. The number of nitriles is 1. The van der Waals surface area contributed by atoms with Crippen LogP contribution in [0.15, 0.2) is 18.3 Å². The lowest BCUT2D eigenvalue weighted by atomic mass is 10.1. The van der Waals surface area contributed by atoms with Crippen molar-refractivity contribution in [2.45, 2.75) is 18.8 Å². The molecule has 2 rings (SSSR count). The molecule has 1 aliphatic rings. The average molecular weight is 266 g/mol. The summed E-state index contributed by atoms with van der Waals surface area (Å²) in [5.74, 6) is -2.67. The second kappa shape index (κ2) is 5.18. The maximum Gasteiger partial charge on any atom is 0.321 e. The summed E-state index contributed by atoms with van der Waals surface area (Å²) in [5.41, 5.74) is 0.678. The van der Waals surface area contributed by atoms with Gasteiger partial charge in [-0.1, -0.05) is 0 Å². The molecule has 2 amide bonds. The van der Waals surface area contributed by atoms with E-state index in [0.717, 1.165) is 0 Å². The zero-order valence-corrected chi connectivity index (χ0v) is 10.1. The minimum atomic E-state index is -2.67. The first kappa shape index (κ1) is 13.2. The number of nitrogens with zero attached hydrogens (tertiary/aromatic N) is 3. The van der Waals surface area contributed by atoms with Gasteiger partial charge in [0.05, 0.1) is 11.9 Å². The summed E-state index contributed by atoms with van der Waals surface area (Å²) in [6.45, 7) is 0.0606. The molecule has 1 aromatic heterocycles. The molecule has 0 bridgehead atoms. The van der Waals surface area contributed by atoms with Crippen LogP contribution in [0, 0.1) is 11.3 Å². The molecular weight excluding hydrogens is 254 g/mol. The highest BCUT2D eigenvalue weighted by molar-refractivity contribution is 5.89. The van der Waals surface area contributed by atoms with E-state index in [-0.39, 0.29) is 31.6 Å². The zero-order chi connectivity index (χ0) is 13.9. The van der Waals surface area contributed by atoms with Crippen LogP contribution < -0.4 is 5.32 Å². The highest BCUT2D eigenvalue weighted by Gasteiger charge is 2.35. The van der Waals surface area contributed by atoms with Crippen LogP contribution in [0.5, 0.6) is 0 Å². The van der Waals surface area contributed by atoms with Gasteiger partial charge in [-0.2, -0.15) is 5.26 Å². The third kappa shape index (κ3) is 3.37. The number of hydrogen-bond donors (Lipinski definition) is 1. The number of carbonyl (C=O) groups is 1. The van der Waals surface area contributed by atoms with Crippen molar-refractivity contribution in [2.75, 3.05) is 18.4 Å². The number of likely N-dealkylation sites (tertiary alicyclic amines) is 1. The van der Waals surface area contributed by atoms with Crippen LogP contribution in [0.4, 0.5) is 19.3 Å². The van der Waals surface area contributed by atoms with Crippen LogP contribution in [-0.4, -0.2) is 34.9 Å². The number of piperidine rings is 1. The van der Waals surface area contributed by atoms with E-state index in [4.69, 9.17) is 5.26 Å². The first-order chi connectivity index (χ1) is 9.00. The number of pyridine rings is 1. The Bertz CT molecular complexity index is 499. The highest BCUT2D eigenvalue weighted by Crippen LogP contribution is 2.27. The van der Waals surface area contributed by atoms with Crippen LogP contribution in [0.25, 0.3) is 0 Å². The monoisotopic (exact) mass is 266 g/mol. The Labute approximate surface area is 108 Å². The predicted octanol–water partition coefficient (Wildman–Crippen LogP) is 2.22. The fourth-order valence-electron chi connectivity index (χ4n) is 1.77. The molecule has 0 unspecified atom stereocenters. The number of amides is 2. The molecule has 0 atom stereocenters. The second-order valence-electron chi connectivity index (χ2n) is 4.32. The number of aromatic nitrogens is 1. The Hall–Kier alpha value is -2.23. The molecule has 0 radical (unpaired) electrons. The van der Waals surface area contributed by atoms with Crippen molar-refractivity contribution in [3.05, 3.63) is 24.0 Å². The lowest BCUT2D eigenvalue weighted by molar-refractivity contribution is -0.0461. The van der Waals surface area contributed by atoms with E-state index < -0.39 is 12.0 Å². The second-order valence-corrected chi connectivity index (χ2v) is 4.32. The van der Waals surface area contributed by atoms with Gasteiger partial charge < -0.3 is 10.2 Å². The van der Waals surface area contributed by atoms with Crippen LogP contribution in [0.3, 0.4) is 0 Å². The molecule has 1 aliphatic heterocycles. The van der Waals surface area contributed by atoms with Gasteiger partial charge in [0.1, 0.15) is 11.8 Å². The van der Waals surface area contributed by atoms with E-state index in [1.165, 1.54) is 17.2 Å². The Morgan fingerprint density at radius 2 is 2.11 bits per heavy atom. The van der Waals surface area contributed by atoms with Gasteiger partial charge in [-0.25, -0.2) is 18.6 Å². The maximum absolute atomic E-state index is 13.0. The van der Waals surface area contributed by atoms with Gasteiger partial charge in [-0.05, 0) is 12.1 Å². The standard InChI is InChI=1S/C12H12F2N4O/c13-12(14)3-5-18(6-4-12)11(19)17-10-2-1-9(7-15)16-8-10/h1-2,8H,3-6H2,(H,17,19). The van der Waals surface area contributed by atoms with Crippen molar-refractivity contribution in [3.8, 4) is 6.07 Å². The van der Waals surface area contributed by atoms with Crippen molar-refractivity contribution in [1.29, 1.82) is 5.26 Å². The number of anilines is 1. The molecule has 2 heterocycles. The summed E-state index contributed by atoms with van der Waals surface area (Å²) in [7, 11) is 0. The average Bonchev–Trinajstić information content (AvgIpc) is 2.39. The molecule has 0 aromatic carbocycles. The van der Waals surface area contributed by atoms with Crippen molar-refractivity contribution < 1.29 is 13.6 Å². The Balaban J connectivity index is 1.92. The lowest BCUT2D eigenvalue weighted by Gasteiger charge is -2.31. The lowest BCUT2D eigenvalue weighted by Crippen LogP contribution is -2.44. The van der Waals surface area contributed by atoms with E-state index in [1.807, 2.05) is 6.07 Å². The zero-order valence-electron chi connectivity index (χ0n) is 10.1. The Kier molecular flexibility index (Phi) is 3.60. The summed E-state index contributed by atoms with van der Waals surface area (Å²) in [4.78, 5) is 17.0. The fourth-order valence-corrected chi connectivity index (χ4v) is 1.77. The van der Waals surface area contributed by atoms with E-state index in [0.29, 0.717) is 5.69 Å². The van der Waals surface area contributed by atoms with Gasteiger partial charge in [0.15, 0.2) is 0 Å². The van der Waals surface area contributed by atoms with Gasteiger partial charge in [-0.3, -0.25) is 0 Å². The summed E-state index contributed by atoms with van der Waals surface area (Å²) < 4.78 is 25.9. The molecule has 1 fully saturated rings. The van der Waals surface area contributed by atoms with Crippen molar-refractivity contribution in [1.82, 2.24) is 9.88 Å². The fraction of sp³-hybridized carbons (Fsp3) is 0.417. The molecule has 0 aliphatic carbocycles. The summed E-state index contributed by atoms with van der Waals surface area (Å²) in [5, 5.41) is 11.1. The molecule has 0 saturated carbocycles. The molecule has 1 N–H and O–H groups in total. The van der Waals surface area contributed by atoms with Gasteiger partial charge in [0, 0.05) is 25.9 Å². The molecule has 100 valence electrons. The van der Waals surface area contributed by atoms with Gasteiger partial charge in [-0.15, -0.1) is 0 Å². The van der Waals surface area contributed by atoms with Crippen molar-refractivity contribution in [3.63, 3.8) is 0 Å². The van der Waals surface area contributed by atoms with Crippen molar-refractivity contribution in [2.24, 2.45) is 0 Å². The summed E-state index contributed by atoms with van der Waals surface area (Å²) in [6.07, 6.45) is 0.729. The van der Waals surface area contributed by atoms with E-state index in [1.54, 1.807) is 6.07 Å². The minimum Gasteiger partial charge on any atom is -0.324 e. The SMILES string of the molecule is N#Cc1ccc(NC(=O)N2CCC(F)(F)CC2)cn1. The minimum absolute atomic E-state index is 0.0303. The number of nitrogens with one attached hydrogen (secondary N) is 1. The first-order valence-electron chi connectivity index (χ1n) is 5.80. The van der Waals surface area contributed by atoms with Crippen LogP contribution in [-0.2, 0) is 0 Å². The topological polar surface area (TPSA) is 69.0 Å². The molecule has 0 spiro atoms. The summed E-state index contributed by atoms with van der Waals surface area (Å²) in [6, 6.07) is 4.45. The van der Waals surface area contributed by atoms with Gasteiger partial charge >= 0.3 is 6.03 Å². The van der Waals surface area contributed by atoms with Gasteiger partial charge in [0.25, 0.3) is 5.92 Å². The van der Waals surface area contributed by atoms with E-state index in [9.17, 15) is 13.6 Å². The summed E-state index contributed by atoms with van der Waals surface area (Å²) >= 11 is 0. The molecule has 19 heavy (non-hydrogen) atoms. The Morgan fingerprint density at radius 1 is 1.42 bits per heavy atom. The number of alkyl halides is 2. The van der Waals surface area contributed by atoms with E-state index in [2.05, 4.69) is 10.3 Å². The molecular formula is C12H12F2N4O. The highest BCUT2D eigenvalue weighted by atomic mass is 19.3. The quantitative estimate of drug-likeness (QED) is 0.847. The third-order valence-electron chi connectivity index (χ3n) is 2.91. The Morgan fingerprint density at radius 3 is 2.63 bits per heavy atom. The van der Waals surface area contributed by atoms with Crippen LogP contribution in [0.1, 0.15) is 18.5 Å². The predicted molar refractivity (Wildman–Crippen MR) is 63.7 cm³/mol. The van der Waals surface area contributed by atoms with Crippen LogP contribution in [0.2, 0.25) is 0 Å². The molecule has 5 nitrogen and oxygen atoms in total. The maximum atomic E-state index is 13.0. The third-order valence-corrected chi connectivity index (χ3v) is 2.91. The molecule has 1 aromatic rings. The van der Waals surface area contributed by atoms with E-state index >= 15 is 0 Å². The first-order valence-corrected chi connectivity index (χ1v) is 5.80.